The largest absolute Gasteiger partial charge is 0.447 e. The van der Waals surface area contributed by atoms with Gasteiger partial charge in [-0.2, -0.15) is 0 Å². The Morgan fingerprint density at radius 2 is 1.91 bits per heavy atom. The molecule has 0 fully saturated rings. The molecular weight excluding hydrogens is 297 g/mol. The number of rotatable bonds is 5. The van der Waals surface area contributed by atoms with Crippen LogP contribution in [-0.4, -0.2) is 12.2 Å². The Balaban J connectivity index is 1.96. The maximum atomic E-state index is 12.8. The average molecular weight is 317 g/mol. The highest BCUT2D eigenvalue weighted by atomic mass is 19.1. The van der Waals surface area contributed by atoms with E-state index in [0.717, 1.165) is 11.3 Å². The van der Waals surface area contributed by atoms with Crippen molar-refractivity contribution in [2.45, 2.75) is 26.5 Å². The quantitative estimate of drug-likeness (QED) is 0.729. The molecule has 0 saturated heterocycles. The SMILES string of the molecule is CC(C)OC(=O)Nc1ccc(NCc2ccc(F)cc2)cc1N. The average Bonchev–Trinajstić information content (AvgIpc) is 2.48. The maximum Gasteiger partial charge on any atom is 0.411 e. The van der Waals surface area contributed by atoms with Crippen LogP contribution < -0.4 is 16.4 Å². The normalized spacial score (nSPS) is 10.4. The molecule has 0 aliphatic carbocycles. The Kier molecular flexibility index (Phi) is 5.41. The molecule has 2 aromatic carbocycles. The van der Waals surface area contributed by atoms with Gasteiger partial charge in [0.05, 0.1) is 17.5 Å². The van der Waals surface area contributed by atoms with Gasteiger partial charge in [-0.3, -0.25) is 5.32 Å². The smallest absolute Gasteiger partial charge is 0.411 e. The van der Waals surface area contributed by atoms with Crippen LogP contribution in [0.3, 0.4) is 0 Å². The van der Waals surface area contributed by atoms with Crippen LogP contribution in [0.25, 0.3) is 0 Å². The standard InChI is InChI=1S/C17H20FN3O2/c1-11(2)23-17(22)21-16-8-7-14(9-15(16)19)20-10-12-3-5-13(18)6-4-12/h3-9,11,20H,10,19H2,1-2H3,(H,21,22). The molecule has 0 unspecified atom stereocenters. The van der Waals surface area contributed by atoms with Gasteiger partial charge < -0.3 is 15.8 Å². The molecule has 0 bridgehead atoms. The van der Waals surface area contributed by atoms with E-state index in [-0.39, 0.29) is 11.9 Å². The number of nitrogens with one attached hydrogen (secondary N) is 2. The van der Waals surface area contributed by atoms with Crippen molar-refractivity contribution in [3.63, 3.8) is 0 Å². The molecule has 2 rings (SSSR count). The van der Waals surface area contributed by atoms with Crippen LogP contribution in [0.15, 0.2) is 42.5 Å². The molecule has 5 nitrogen and oxygen atoms in total. The molecule has 0 aliphatic heterocycles. The molecule has 0 spiro atoms. The first kappa shape index (κ1) is 16.6. The summed E-state index contributed by atoms with van der Waals surface area (Å²) < 4.78 is 17.9. The monoisotopic (exact) mass is 317 g/mol. The summed E-state index contributed by atoms with van der Waals surface area (Å²) in [6.45, 7) is 4.08. The van der Waals surface area contributed by atoms with Crippen LogP contribution in [0.2, 0.25) is 0 Å². The zero-order valence-corrected chi connectivity index (χ0v) is 13.1. The Labute approximate surface area is 134 Å². The first-order valence-electron chi connectivity index (χ1n) is 7.29. The van der Waals surface area contributed by atoms with E-state index >= 15 is 0 Å². The van der Waals surface area contributed by atoms with Crippen molar-refractivity contribution >= 4 is 23.2 Å². The summed E-state index contributed by atoms with van der Waals surface area (Å²) in [4.78, 5) is 11.6. The fourth-order valence-electron chi connectivity index (χ4n) is 1.95. The first-order chi connectivity index (χ1) is 10.9. The third-order valence-corrected chi connectivity index (χ3v) is 3.04. The van der Waals surface area contributed by atoms with Crippen molar-refractivity contribution < 1.29 is 13.9 Å². The number of nitrogen functional groups attached to an aromatic ring is 1. The Hall–Kier alpha value is -2.76. The van der Waals surface area contributed by atoms with Crippen molar-refractivity contribution in [2.75, 3.05) is 16.4 Å². The number of ether oxygens (including phenoxy) is 1. The predicted molar refractivity (Wildman–Crippen MR) is 89.8 cm³/mol. The Morgan fingerprint density at radius 1 is 1.22 bits per heavy atom. The van der Waals surface area contributed by atoms with Gasteiger partial charge in [-0.05, 0) is 49.7 Å². The van der Waals surface area contributed by atoms with Crippen molar-refractivity contribution in [3.8, 4) is 0 Å². The van der Waals surface area contributed by atoms with Crippen LogP contribution in [-0.2, 0) is 11.3 Å². The van der Waals surface area contributed by atoms with Gasteiger partial charge in [-0.15, -0.1) is 0 Å². The number of hydrogen-bond acceptors (Lipinski definition) is 4. The van der Waals surface area contributed by atoms with Gasteiger partial charge >= 0.3 is 6.09 Å². The van der Waals surface area contributed by atoms with Gasteiger partial charge in [0.2, 0.25) is 0 Å². The lowest BCUT2D eigenvalue weighted by molar-refractivity contribution is 0.130. The van der Waals surface area contributed by atoms with Crippen molar-refractivity contribution in [1.29, 1.82) is 0 Å². The summed E-state index contributed by atoms with van der Waals surface area (Å²) in [5.74, 6) is -0.262. The highest BCUT2D eigenvalue weighted by molar-refractivity contribution is 5.89. The topological polar surface area (TPSA) is 76.4 Å². The van der Waals surface area contributed by atoms with E-state index < -0.39 is 6.09 Å². The lowest BCUT2D eigenvalue weighted by Crippen LogP contribution is -2.18. The number of hydrogen-bond donors (Lipinski definition) is 3. The number of amides is 1. The van der Waals surface area contributed by atoms with E-state index in [1.807, 2.05) is 0 Å². The third-order valence-electron chi connectivity index (χ3n) is 3.04. The van der Waals surface area contributed by atoms with Crippen LogP contribution >= 0.6 is 0 Å². The van der Waals surface area contributed by atoms with E-state index in [1.54, 1.807) is 44.2 Å². The number of anilines is 3. The summed E-state index contributed by atoms with van der Waals surface area (Å²) in [6.07, 6.45) is -0.744. The molecule has 0 atom stereocenters. The summed E-state index contributed by atoms with van der Waals surface area (Å²) in [5.41, 5.74) is 8.60. The minimum atomic E-state index is -0.543. The fourth-order valence-corrected chi connectivity index (χ4v) is 1.95. The molecule has 122 valence electrons. The number of carbonyl (C=O) groups excluding carboxylic acids is 1. The second-order valence-electron chi connectivity index (χ2n) is 5.36. The highest BCUT2D eigenvalue weighted by Crippen LogP contribution is 2.23. The van der Waals surface area contributed by atoms with Crippen LogP contribution in [0.1, 0.15) is 19.4 Å². The Morgan fingerprint density at radius 3 is 2.52 bits per heavy atom. The lowest BCUT2D eigenvalue weighted by Gasteiger charge is -2.13. The lowest BCUT2D eigenvalue weighted by atomic mass is 10.2. The summed E-state index contributed by atoms with van der Waals surface area (Å²) in [6, 6.07) is 11.5. The molecule has 6 heteroatoms. The summed E-state index contributed by atoms with van der Waals surface area (Å²) in [5, 5.41) is 5.78. The molecule has 0 aliphatic rings. The number of halogens is 1. The summed E-state index contributed by atoms with van der Waals surface area (Å²) >= 11 is 0. The summed E-state index contributed by atoms with van der Waals surface area (Å²) in [7, 11) is 0. The molecule has 23 heavy (non-hydrogen) atoms. The van der Waals surface area contributed by atoms with Crippen LogP contribution in [0, 0.1) is 5.82 Å². The Bertz CT molecular complexity index is 672. The van der Waals surface area contributed by atoms with Gasteiger partial charge in [0.15, 0.2) is 0 Å². The highest BCUT2D eigenvalue weighted by Gasteiger charge is 2.08. The van der Waals surface area contributed by atoms with E-state index in [2.05, 4.69) is 10.6 Å². The third kappa shape index (κ3) is 5.18. The molecule has 1 amide bonds. The van der Waals surface area contributed by atoms with E-state index in [0.29, 0.717) is 17.9 Å². The molecule has 0 heterocycles. The van der Waals surface area contributed by atoms with E-state index in [4.69, 9.17) is 10.5 Å². The fraction of sp³-hybridized carbons (Fsp3) is 0.235. The molecule has 0 saturated carbocycles. The minimum Gasteiger partial charge on any atom is -0.447 e. The second kappa shape index (κ2) is 7.49. The zero-order chi connectivity index (χ0) is 16.8. The van der Waals surface area contributed by atoms with E-state index in [1.165, 1.54) is 12.1 Å². The van der Waals surface area contributed by atoms with Crippen LogP contribution in [0.4, 0.5) is 26.2 Å². The predicted octanol–water partition coefficient (Wildman–Crippen LogP) is 3.98. The second-order valence-corrected chi connectivity index (χ2v) is 5.36. The van der Waals surface area contributed by atoms with Crippen molar-refractivity contribution in [3.05, 3.63) is 53.8 Å². The zero-order valence-electron chi connectivity index (χ0n) is 13.1. The molecular formula is C17H20FN3O2. The van der Waals surface area contributed by atoms with Gasteiger partial charge in [0, 0.05) is 12.2 Å². The van der Waals surface area contributed by atoms with Gasteiger partial charge in [0.1, 0.15) is 5.82 Å². The van der Waals surface area contributed by atoms with E-state index in [9.17, 15) is 9.18 Å². The first-order valence-corrected chi connectivity index (χ1v) is 7.29. The number of benzene rings is 2. The van der Waals surface area contributed by atoms with Crippen LogP contribution in [0.5, 0.6) is 0 Å². The number of nitrogens with two attached hydrogens (primary N) is 1. The van der Waals surface area contributed by atoms with Gasteiger partial charge in [-0.1, -0.05) is 12.1 Å². The van der Waals surface area contributed by atoms with Crippen molar-refractivity contribution in [1.82, 2.24) is 0 Å². The van der Waals surface area contributed by atoms with Gasteiger partial charge in [0.25, 0.3) is 0 Å². The molecule has 0 aromatic heterocycles. The number of carbonyl (C=O) groups is 1. The van der Waals surface area contributed by atoms with Gasteiger partial charge in [-0.25, -0.2) is 9.18 Å². The molecule has 0 radical (unpaired) electrons. The molecule has 4 N–H and O–H groups in total. The minimum absolute atomic E-state index is 0.201. The molecule has 2 aromatic rings. The van der Waals surface area contributed by atoms with Crippen molar-refractivity contribution in [2.24, 2.45) is 0 Å². The maximum absolute atomic E-state index is 12.8.